The molecule has 2 nitrogen and oxygen atoms in total. The van der Waals surface area contributed by atoms with Crippen LogP contribution < -0.4 is 10.1 Å². The van der Waals surface area contributed by atoms with E-state index in [1.165, 1.54) is 22.4 Å². The van der Waals surface area contributed by atoms with Gasteiger partial charge >= 0.3 is 0 Å². The van der Waals surface area contributed by atoms with Crippen LogP contribution in [0.1, 0.15) is 29.7 Å². The largest absolute Gasteiger partial charge is 0.497 e. The summed E-state index contributed by atoms with van der Waals surface area (Å²) in [5.74, 6) is 0.895. The van der Waals surface area contributed by atoms with Crippen LogP contribution in [0.25, 0.3) is 0 Å². The van der Waals surface area contributed by atoms with Gasteiger partial charge in [-0.05, 0) is 55.7 Å². The Bertz CT molecular complexity index is 563. The van der Waals surface area contributed by atoms with Crippen LogP contribution in [0.5, 0.6) is 5.75 Å². The van der Waals surface area contributed by atoms with E-state index in [2.05, 4.69) is 56.4 Å². The van der Waals surface area contributed by atoms with E-state index in [1.807, 2.05) is 12.1 Å². The Morgan fingerprint density at radius 2 is 1.84 bits per heavy atom. The summed E-state index contributed by atoms with van der Waals surface area (Å²) in [7, 11) is 1.70. The van der Waals surface area contributed by atoms with Crippen molar-refractivity contribution in [1.82, 2.24) is 0 Å². The molecule has 0 aromatic heterocycles. The summed E-state index contributed by atoms with van der Waals surface area (Å²) < 4.78 is 5.27. The lowest BCUT2D eigenvalue weighted by molar-refractivity contribution is 0.414. The third-order valence-electron chi connectivity index (χ3n) is 3.36. The summed E-state index contributed by atoms with van der Waals surface area (Å²) in [6, 6.07) is 14.9. The van der Waals surface area contributed by atoms with Crippen molar-refractivity contribution in [3.8, 4) is 5.75 Å². The van der Waals surface area contributed by atoms with Gasteiger partial charge in [0, 0.05) is 11.7 Å². The lowest BCUT2D eigenvalue weighted by atomic mass is 10.1. The molecule has 0 aliphatic rings. The molecule has 0 amide bonds. The van der Waals surface area contributed by atoms with Gasteiger partial charge in [-0.25, -0.2) is 0 Å². The number of rotatable bonds is 4. The minimum absolute atomic E-state index is 0.246. The molecule has 100 valence electrons. The van der Waals surface area contributed by atoms with Crippen molar-refractivity contribution in [2.45, 2.75) is 26.8 Å². The third kappa shape index (κ3) is 3.28. The highest BCUT2D eigenvalue weighted by atomic mass is 16.5. The normalized spacial score (nSPS) is 12.0. The first-order chi connectivity index (χ1) is 9.10. The van der Waals surface area contributed by atoms with Gasteiger partial charge in [-0.3, -0.25) is 0 Å². The van der Waals surface area contributed by atoms with Crippen molar-refractivity contribution in [3.05, 3.63) is 59.2 Å². The fourth-order valence-corrected chi connectivity index (χ4v) is 2.12. The monoisotopic (exact) mass is 255 g/mol. The lowest BCUT2D eigenvalue weighted by Gasteiger charge is -2.18. The molecule has 2 aromatic carbocycles. The van der Waals surface area contributed by atoms with Gasteiger partial charge in [-0.1, -0.05) is 24.3 Å². The zero-order chi connectivity index (χ0) is 13.8. The van der Waals surface area contributed by atoms with Crippen molar-refractivity contribution in [2.75, 3.05) is 12.4 Å². The van der Waals surface area contributed by atoms with Crippen LogP contribution in [-0.2, 0) is 0 Å². The number of methoxy groups -OCH3 is 1. The minimum Gasteiger partial charge on any atom is -0.497 e. The van der Waals surface area contributed by atoms with E-state index in [9.17, 15) is 0 Å². The average molecular weight is 255 g/mol. The zero-order valence-corrected chi connectivity index (χ0v) is 12.0. The van der Waals surface area contributed by atoms with E-state index in [0.29, 0.717) is 0 Å². The predicted molar refractivity (Wildman–Crippen MR) is 80.9 cm³/mol. The van der Waals surface area contributed by atoms with Gasteiger partial charge in [-0.2, -0.15) is 0 Å². The molecule has 2 rings (SSSR count). The lowest BCUT2D eigenvalue weighted by Crippen LogP contribution is -2.08. The van der Waals surface area contributed by atoms with Crippen LogP contribution in [0, 0.1) is 13.8 Å². The maximum atomic E-state index is 5.27. The van der Waals surface area contributed by atoms with Gasteiger partial charge in [0.15, 0.2) is 0 Å². The molecule has 0 spiro atoms. The SMILES string of the molecule is COc1cccc(C(C)Nc2cc(C)ccc2C)c1. The molecule has 19 heavy (non-hydrogen) atoms. The standard InChI is InChI=1S/C17H21NO/c1-12-8-9-13(2)17(10-12)18-14(3)15-6-5-7-16(11-15)19-4/h5-11,14,18H,1-4H3. The molecule has 1 atom stereocenters. The Morgan fingerprint density at radius 1 is 1.05 bits per heavy atom. The second-order valence-electron chi connectivity index (χ2n) is 4.96. The van der Waals surface area contributed by atoms with Gasteiger partial charge in [0.05, 0.1) is 7.11 Å². The maximum absolute atomic E-state index is 5.27. The Kier molecular flexibility index (Phi) is 4.10. The molecule has 0 aliphatic carbocycles. The van der Waals surface area contributed by atoms with Crippen LogP contribution in [0.3, 0.4) is 0 Å². The van der Waals surface area contributed by atoms with Crippen molar-refractivity contribution in [3.63, 3.8) is 0 Å². The molecule has 0 bridgehead atoms. The molecule has 0 heterocycles. The topological polar surface area (TPSA) is 21.3 Å². The van der Waals surface area contributed by atoms with Gasteiger partial charge in [0.1, 0.15) is 5.75 Å². The molecule has 1 unspecified atom stereocenters. The number of nitrogens with one attached hydrogen (secondary N) is 1. The molecule has 0 saturated heterocycles. The molecule has 2 heteroatoms. The molecule has 0 fully saturated rings. The summed E-state index contributed by atoms with van der Waals surface area (Å²) in [6.07, 6.45) is 0. The highest BCUT2D eigenvalue weighted by molar-refractivity contribution is 5.54. The summed E-state index contributed by atoms with van der Waals surface area (Å²) in [6.45, 7) is 6.40. The number of aryl methyl sites for hydroxylation is 2. The molecule has 0 radical (unpaired) electrons. The smallest absolute Gasteiger partial charge is 0.119 e. The summed E-state index contributed by atoms with van der Waals surface area (Å²) >= 11 is 0. The fourth-order valence-electron chi connectivity index (χ4n) is 2.12. The van der Waals surface area contributed by atoms with E-state index in [0.717, 1.165) is 5.75 Å². The van der Waals surface area contributed by atoms with Gasteiger partial charge in [-0.15, -0.1) is 0 Å². The van der Waals surface area contributed by atoms with Crippen LogP contribution >= 0.6 is 0 Å². The van der Waals surface area contributed by atoms with E-state index >= 15 is 0 Å². The summed E-state index contributed by atoms with van der Waals surface area (Å²) in [4.78, 5) is 0. The minimum atomic E-state index is 0.246. The average Bonchev–Trinajstić information content (AvgIpc) is 2.43. The van der Waals surface area contributed by atoms with Gasteiger partial charge in [0.2, 0.25) is 0 Å². The van der Waals surface area contributed by atoms with Crippen molar-refractivity contribution in [1.29, 1.82) is 0 Å². The van der Waals surface area contributed by atoms with Crippen molar-refractivity contribution >= 4 is 5.69 Å². The predicted octanol–water partition coefficient (Wildman–Crippen LogP) is 4.49. The van der Waals surface area contributed by atoms with E-state index in [-0.39, 0.29) is 6.04 Å². The van der Waals surface area contributed by atoms with E-state index in [4.69, 9.17) is 4.74 Å². The Balaban J connectivity index is 2.20. The highest BCUT2D eigenvalue weighted by Gasteiger charge is 2.08. The zero-order valence-electron chi connectivity index (χ0n) is 12.0. The van der Waals surface area contributed by atoms with E-state index < -0.39 is 0 Å². The number of hydrogen-bond acceptors (Lipinski definition) is 2. The molecular weight excluding hydrogens is 234 g/mol. The first kappa shape index (κ1) is 13.5. The quantitative estimate of drug-likeness (QED) is 0.869. The van der Waals surface area contributed by atoms with Crippen LogP contribution in [0.2, 0.25) is 0 Å². The van der Waals surface area contributed by atoms with Crippen LogP contribution in [0.15, 0.2) is 42.5 Å². The van der Waals surface area contributed by atoms with Crippen LogP contribution in [0.4, 0.5) is 5.69 Å². The maximum Gasteiger partial charge on any atom is 0.119 e. The molecule has 1 N–H and O–H groups in total. The number of hydrogen-bond donors (Lipinski definition) is 1. The first-order valence-corrected chi connectivity index (χ1v) is 6.58. The molecule has 0 aliphatic heterocycles. The van der Waals surface area contributed by atoms with Crippen molar-refractivity contribution in [2.24, 2.45) is 0 Å². The second kappa shape index (κ2) is 5.79. The van der Waals surface area contributed by atoms with Gasteiger partial charge in [0.25, 0.3) is 0 Å². The van der Waals surface area contributed by atoms with Gasteiger partial charge < -0.3 is 10.1 Å². The first-order valence-electron chi connectivity index (χ1n) is 6.58. The highest BCUT2D eigenvalue weighted by Crippen LogP contribution is 2.25. The number of anilines is 1. The molecular formula is C17H21NO. The Labute approximate surface area is 115 Å². The number of ether oxygens (including phenoxy) is 1. The number of benzene rings is 2. The van der Waals surface area contributed by atoms with Crippen molar-refractivity contribution < 1.29 is 4.74 Å². The third-order valence-corrected chi connectivity index (χ3v) is 3.36. The van der Waals surface area contributed by atoms with Crippen LogP contribution in [-0.4, -0.2) is 7.11 Å². The second-order valence-corrected chi connectivity index (χ2v) is 4.96. The molecule has 2 aromatic rings. The summed E-state index contributed by atoms with van der Waals surface area (Å²) in [5, 5.41) is 3.56. The molecule has 0 saturated carbocycles. The Morgan fingerprint density at radius 3 is 2.58 bits per heavy atom. The Hall–Kier alpha value is -1.96. The van der Waals surface area contributed by atoms with E-state index in [1.54, 1.807) is 7.11 Å². The fraction of sp³-hybridized carbons (Fsp3) is 0.294. The summed E-state index contributed by atoms with van der Waals surface area (Å²) in [5.41, 5.74) is 4.95.